The van der Waals surface area contributed by atoms with E-state index in [0.717, 1.165) is 64.5 Å². The number of nitrogens with zero attached hydrogens (tertiary/aromatic N) is 2. The fourth-order valence-corrected chi connectivity index (χ4v) is 4.88. The van der Waals surface area contributed by atoms with Crippen LogP contribution in [0.5, 0.6) is 0 Å². The second kappa shape index (κ2) is 11.5. The van der Waals surface area contributed by atoms with Gasteiger partial charge in [0.15, 0.2) is 5.72 Å². The summed E-state index contributed by atoms with van der Waals surface area (Å²) in [6, 6.07) is 6.98. The molecule has 1 aromatic carbocycles. The Labute approximate surface area is 196 Å². The number of imide groups is 1. The minimum Gasteiger partial charge on any atom is -0.444 e. The van der Waals surface area contributed by atoms with Gasteiger partial charge in [-0.2, -0.15) is 0 Å². The highest BCUT2D eigenvalue weighted by atomic mass is 16.6. The molecule has 180 valence electrons. The van der Waals surface area contributed by atoms with Gasteiger partial charge in [0.05, 0.1) is 17.5 Å². The highest BCUT2D eigenvalue weighted by molar-refractivity contribution is 6.21. The van der Waals surface area contributed by atoms with Gasteiger partial charge in [-0.25, -0.2) is 0 Å². The van der Waals surface area contributed by atoms with Crippen LogP contribution in [-0.2, 0) is 14.3 Å². The maximum atomic E-state index is 12.4. The molecule has 1 fully saturated rings. The van der Waals surface area contributed by atoms with Gasteiger partial charge in [0.2, 0.25) is 0 Å². The first-order valence-corrected chi connectivity index (χ1v) is 12.3. The van der Waals surface area contributed by atoms with Crippen molar-refractivity contribution in [2.45, 2.75) is 83.8 Å². The molecule has 0 bridgehead atoms. The van der Waals surface area contributed by atoms with Gasteiger partial charge in [0.25, 0.3) is 11.8 Å². The number of ketones is 1. The number of piperidine rings is 1. The van der Waals surface area contributed by atoms with Crippen LogP contribution in [0.15, 0.2) is 24.3 Å². The van der Waals surface area contributed by atoms with E-state index in [1.807, 2.05) is 0 Å². The molecule has 2 aliphatic rings. The number of carbonyl (C=O) groups is 4. The molecule has 1 saturated heterocycles. The summed E-state index contributed by atoms with van der Waals surface area (Å²) in [6.07, 6.45) is 7.72. The van der Waals surface area contributed by atoms with Crippen molar-refractivity contribution >= 4 is 23.6 Å². The van der Waals surface area contributed by atoms with Crippen LogP contribution in [0.1, 0.15) is 98.8 Å². The standard InChI is InChI=1S/C26H36N2O5/c1-3-26(33-23(30)15-14-20(2)29)16-8-11-18-27(26)17-9-4-5-10-19-28-24(31)21-12-6-7-13-22(21)25(28)32/h6-7,12-13H,3-5,8-11,14-19H2,1-2H3. The van der Waals surface area contributed by atoms with Crippen LogP contribution < -0.4 is 0 Å². The minimum atomic E-state index is -0.563. The Balaban J connectivity index is 1.42. The zero-order valence-corrected chi connectivity index (χ0v) is 19.9. The molecule has 33 heavy (non-hydrogen) atoms. The lowest BCUT2D eigenvalue weighted by Crippen LogP contribution is -2.54. The van der Waals surface area contributed by atoms with Gasteiger partial charge in [0.1, 0.15) is 5.78 Å². The van der Waals surface area contributed by atoms with Crippen LogP contribution in [0.4, 0.5) is 0 Å². The van der Waals surface area contributed by atoms with E-state index in [2.05, 4.69) is 11.8 Å². The third-order valence-corrected chi connectivity index (χ3v) is 6.80. The zero-order valence-electron chi connectivity index (χ0n) is 19.9. The van der Waals surface area contributed by atoms with Crippen molar-refractivity contribution in [3.05, 3.63) is 35.4 Å². The molecule has 0 saturated carbocycles. The molecule has 2 aliphatic heterocycles. The van der Waals surface area contributed by atoms with Crippen LogP contribution in [0.2, 0.25) is 0 Å². The molecule has 0 aliphatic carbocycles. The summed E-state index contributed by atoms with van der Waals surface area (Å²) in [6.45, 7) is 5.75. The molecule has 0 aromatic heterocycles. The van der Waals surface area contributed by atoms with Crippen LogP contribution >= 0.6 is 0 Å². The molecule has 0 radical (unpaired) electrons. The number of carbonyl (C=O) groups excluding carboxylic acids is 4. The maximum absolute atomic E-state index is 12.4. The lowest BCUT2D eigenvalue weighted by molar-refractivity contribution is -0.196. The number of hydrogen-bond acceptors (Lipinski definition) is 6. The zero-order chi connectivity index (χ0) is 23.8. The molecule has 2 heterocycles. The second-order valence-electron chi connectivity index (χ2n) is 9.14. The summed E-state index contributed by atoms with van der Waals surface area (Å²) >= 11 is 0. The Morgan fingerprint density at radius 3 is 2.18 bits per heavy atom. The van der Waals surface area contributed by atoms with Crippen molar-refractivity contribution in [1.82, 2.24) is 9.80 Å². The SMILES string of the molecule is CCC1(OC(=O)CCC(C)=O)CCCCN1CCCCCCN1C(=O)c2ccccc2C1=O. The van der Waals surface area contributed by atoms with Gasteiger partial charge in [-0.05, 0) is 51.2 Å². The first-order valence-electron chi connectivity index (χ1n) is 12.3. The lowest BCUT2D eigenvalue weighted by atomic mass is 9.94. The Hall–Kier alpha value is -2.54. The van der Waals surface area contributed by atoms with Crippen LogP contribution in [0.25, 0.3) is 0 Å². The Morgan fingerprint density at radius 2 is 1.58 bits per heavy atom. The lowest BCUT2D eigenvalue weighted by Gasteiger charge is -2.46. The number of hydrogen-bond donors (Lipinski definition) is 0. The fraction of sp³-hybridized carbons (Fsp3) is 0.615. The molecule has 7 heteroatoms. The molecule has 0 N–H and O–H groups in total. The molecule has 0 spiro atoms. The fourth-order valence-electron chi connectivity index (χ4n) is 4.88. The third kappa shape index (κ3) is 6.08. The smallest absolute Gasteiger partial charge is 0.308 e. The first-order chi connectivity index (χ1) is 15.9. The highest BCUT2D eigenvalue weighted by Crippen LogP contribution is 2.33. The monoisotopic (exact) mass is 456 g/mol. The summed E-state index contributed by atoms with van der Waals surface area (Å²) in [5, 5.41) is 0. The number of benzene rings is 1. The molecule has 2 amide bonds. The topological polar surface area (TPSA) is 84.0 Å². The van der Waals surface area contributed by atoms with Crippen LogP contribution in [0, 0.1) is 0 Å². The predicted octanol–water partition coefficient (Wildman–Crippen LogP) is 4.35. The number of rotatable bonds is 12. The average molecular weight is 457 g/mol. The van der Waals surface area contributed by atoms with E-state index in [1.54, 1.807) is 24.3 Å². The van der Waals surface area contributed by atoms with Gasteiger partial charge < -0.3 is 9.53 Å². The van der Waals surface area contributed by atoms with Crippen LogP contribution in [-0.4, -0.2) is 58.7 Å². The summed E-state index contributed by atoms with van der Waals surface area (Å²) < 4.78 is 5.94. The maximum Gasteiger partial charge on any atom is 0.308 e. The van der Waals surface area contributed by atoms with Crippen molar-refractivity contribution in [1.29, 1.82) is 0 Å². The summed E-state index contributed by atoms with van der Waals surface area (Å²) in [5.41, 5.74) is 0.439. The molecule has 1 atom stereocenters. The molecule has 7 nitrogen and oxygen atoms in total. The number of ether oxygens (including phenoxy) is 1. The minimum absolute atomic E-state index is 0.000732. The van der Waals surface area contributed by atoms with E-state index in [-0.39, 0.29) is 36.4 Å². The van der Waals surface area contributed by atoms with Crippen molar-refractivity contribution in [2.75, 3.05) is 19.6 Å². The van der Waals surface area contributed by atoms with E-state index in [9.17, 15) is 19.2 Å². The normalized spacial score (nSPS) is 20.7. The summed E-state index contributed by atoms with van der Waals surface area (Å²) in [7, 11) is 0. The van der Waals surface area contributed by atoms with Gasteiger partial charge in [-0.15, -0.1) is 0 Å². The quantitative estimate of drug-likeness (QED) is 0.264. The average Bonchev–Trinajstić information content (AvgIpc) is 3.05. The van der Waals surface area contributed by atoms with E-state index in [1.165, 1.54) is 11.8 Å². The van der Waals surface area contributed by atoms with Crippen molar-refractivity contribution in [2.24, 2.45) is 0 Å². The van der Waals surface area contributed by atoms with Gasteiger partial charge in [-0.1, -0.05) is 31.9 Å². The highest BCUT2D eigenvalue weighted by Gasteiger charge is 2.40. The Morgan fingerprint density at radius 1 is 0.939 bits per heavy atom. The second-order valence-corrected chi connectivity index (χ2v) is 9.14. The van der Waals surface area contributed by atoms with E-state index in [4.69, 9.17) is 4.74 Å². The summed E-state index contributed by atoms with van der Waals surface area (Å²) in [4.78, 5) is 52.1. The number of esters is 1. The number of amides is 2. The molecule has 1 unspecified atom stereocenters. The third-order valence-electron chi connectivity index (χ3n) is 6.80. The van der Waals surface area contributed by atoms with Crippen LogP contribution in [0.3, 0.4) is 0 Å². The largest absolute Gasteiger partial charge is 0.444 e. The molecule has 1 aromatic rings. The Bertz CT molecular complexity index is 848. The van der Waals surface area contributed by atoms with E-state index >= 15 is 0 Å². The predicted molar refractivity (Wildman–Crippen MR) is 125 cm³/mol. The van der Waals surface area contributed by atoms with Gasteiger partial charge in [0, 0.05) is 32.5 Å². The van der Waals surface area contributed by atoms with Gasteiger partial charge in [-0.3, -0.25) is 24.2 Å². The van der Waals surface area contributed by atoms with Crippen molar-refractivity contribution < 1.29 is 23.9 Å². The van der Waals surface area contributed by atoms with E-state index in [0.29, 0.717) is 17.7 Å². The van der Waals surface area contributed by atoms with Crippen molar-refractivity contribution in [3.63, 3.8) is 0 Å². The summed E-state index contributed by atoms with van der Waals surface area (Å²) in [5.74, 6) is -0.675. The first kappa shape index (κ1) is 25.1. The Kier molecular flexibility index (Phi) is 8.78. The molecule has 3 rings (SSSR count). The van der Waals surface area contributed by atoms with Crippen molar-refractivity contribution in [3.8, 4) is 0 Å². The number of unbranched alkanes of at least 4 members (excludes halogenated alkanes) is 3. The molecular formula is C26H36N2O5. The van der Waals surface area contributed by atoms with Gasteiger partial charge >= 0.3 is 5.97 Å². The van der Waals surface area contributed by atoms with E-state index < -0.39 is 5.72 Å². The number of likely N-dealkylation sites (tertiary alicyclic amines) is 1. The number of fused-ring (bicyclic) bond motifs is 1. The number of Topliss-reactive ketones (excluding diaryl/α,β-unsaturated/α-hetero) is 1. The molecular weight excluding hydrogens is 420 g/mol.